The van der Waals surface area contributed by atoms with E-state index in [9.17, 15) is 15.3 Å². The van der Waals surface area contributed by atoms with Crippen LogP contribution in [0.15, 0.2) is 86.0 Å². The lowest BCUT2D eigenvalue weighted by Crippen LogP contribution is -2.67. The van der Waals surface area contributed by atoms with Crippen molar-refractivity contribution in [3.8, 4) is 0 Å². The first-order valence-electron chi connectivity index (χ1n) is 16.7. The topological polar surface area (TPSA) is 125 Å². The van der Waals surface area contributed by atoms with Crippen molar-refractivity contribution >= 4 is 18.7 Å². The van der Waals surface area contributed by atoms with Crippen molar-refractivity contribution in [1.82, 2.24) is 0 Å². The van der Waals surface area contributed by atoms with Gasteiger partial charge in [0.05, 0.1) is 13.2 Å². The number of benzene rings is 2. The summed E-state index contributed by atoms with van der Waals surface area (Å²) in [6.45, 7) is 21.3. The molecule has 274 valence electrons. The fourth-order valence-corrected chi connectivity index (χ4v) is 11.3. The molecule has 3 N–H and O–H groups in total. The Labute approximate surface area is 293 Å². The number of hydrogen-bond acceptors (Lipinski definition) is 10. The van der Waals surface area contributed by atoms with Crippen molar-refractivity contribution in [3.63, 3.8) is 0 Å². The zero-order valence-corrected chi connectivity index (χ0v) is 31.6. The molecule has 2 heterocycles. The van der Waals surface area contributed by atoms with Crippen molar-refractivity contribution in [2.45, 2.75) is 114 Å². The lowest BCUT2D eigenvalue weighted by molar-refractivity contribution is -0.164. The third-order valence-electron chi connectivity index (χ3n) is 8.85. The molecule has 2 aliphatic rings. The highest BCUT2D eigenvalue weighted by molar-refractivity contribution is 6.99. The van der Waals surface area contributed by atoms with Crippen molar-refractivity contribution in [2.24, 2.45) is 0 Å². The molecule has 0 bridgehead atoms. The van der Waals surface area contributed by atoms with Gasteiger partial charge < -0.3 is 48.2 Å². The molecule has 0 unspecified atom stereocenters. The first-order valence-corrected chi connectivity index (χ1v) is 18.7. The lowest BCUT2D eigenvalue weighted by Gasteiger charge is -2.43. The minimum Gasteiger partial charge on any atom is -0.405 e. The van der Waals surface area contributed by atoms with E-state index in [0.717, 1.165) is 0 Å². The fraction of sp³-hybridized carbons (Fsp3) is 0.579. The van der Waals surface area contributed by atoms with Crippen molar-refractivity contribution in [3.05, 3.63) is 86.0 Å². The van der Waals surface area contributed by atoms with Gasteiger partial charge in [-0.25, -0.2) is 0 Å². The molecule has 4 rings (SSSR count). The van der Waals surface area contributed by atoms with Crippen LogP contribution in [0.25, 0.3) is 0 Å². The Hall–Kier alpha value is -2.26. The van der Waals surface area contributed by atoms with Crippen LogP contribution in [0, 0.1) is 0 Å². The van der Waals surface area contributed by atoms with E-state index in [0.29, 0.717) is 6.61 Å². The molecule has 11 heteroatoms. The Kier molecular flexibility index (Phi) is 14.5. The molecule has 2 aromatic rings. The normalized spacial score (nSPS) is 25.8. The Balaban J connectivity index is 0.000000341. The average molecular weight is 703 g/mol. The Morgan fingerprint density at radius 1 is 0.735 bits per heavy atom. The van der Waals surface area contributed by atoms with Crippen molar-refractivity contribution < 1.29 is 48.2 Å². The SMILES string of the molecule is C=C[C@H](O)[C@H](OC)[C@H]1OC(C)(C)O[C@H]1CO.C=C[C@H](O)[C@H](OC)[C@H]1OC(C)(C)O[C@H]1CO[Si](c1ccccc1)(c1ccccc1)C(C)(C)C. The van der Waals surface area contributed by atoms with Crippen LogP contribution in [0.4, 0.5) is 0 Å². The maximum absolute atomic E-state index is 10.5. The highest BCUT2D eigenvalue weighted by Crippen LogP contribution is 2.39. The van der Waals surface area contributed by atoms with Gasteiger partial charge in [0, 0.05) is 14.2 Å². The number of aliphatic hydroxyl groups excluding tert-OH is 3. The summed E-state index contributed by atoms with van der Waals surface area (Å²) in [5.74, 6) is -1.60. The third-order valence-corrected chi connectivity index (χ3v) is 13.9. The van der Waals surface area contributed by atoms with Gasteiger partial charge >= 0.3 is 0 Å². The average Bonchev–Trinajstić information content (AvgIpc) is 3.55. The summed E-state index contributed by atoms with van der Waals surface area (Å²) in [5.41, 5.74) is 0. The van der Waals surface area contributed by atoms with Gasteiger partial charge in [-0.2, -0.15) is 0 Å². The molecule has 8 atom stereocenters. The van der Waals surface area contributed by atoms with Gasteiger partial charge in [0.15, 0.2) is 11.6 Å². The van der Waals surface area contributed by atoms with E-state index in [1.165, 1.54) is 29.6 Å². The smallest absolute Gasteiger partial charge is 0.261 e. The summed E-state index contributed by atoms with van der Waals surface area (Å²) in [7, 11) is 0.302. The molecular weight excluding hydrogens is 644 g/mol. The molecule has 2 aliphatic heterocycles. The summed E-state index contributed by atoms with van der Waals surface area (Å²) in [5, 5.41) is 31.6. The van der Waals surface area contributed by atoms with Gasteiger partial charge in [-0.1, -0.05) is 93.6 Å². The minimum atomic E-state index is -2.73. The minimum absolute atomic E-state index is 0.151. The Bertz CT molecular complexity index is 1260. The molecule has 2 aromatic carbocycles. The molecule has 0 amide bonds. The summed E-state index contributed by atoms with van der Waals surface area (Å²) in [4.78, 5) is 0. The predicted molar refractivity (Wildman–Crippen MR) is 192 cm³/mol. The number of rotatable bonds is 14. The molecular formula is C38H58O10Si. The van der Waals surface area contributed by atoms with Crippen LogP contribution in [-0.4, -0.2) is 111 Å². The molecule has 0 aliphatic carbocycles. The number of methoxy groups -OCH3 is 2. The van der Waals surface area contributed by atoms with Gasteiger partial charge in [0.2, 0.25) is 0 Å². The van der Waals surface area contributed by atoms with E-state index >= 15 is 0 Å². The van der Waals surface area contributed by atoms with E-state index in [1.54, 1.807) is 21.0 Å². The van der Waals surface area contributed by atoms with E-state index in [1.807, 2.05) is 26.0 Å². The van der Waals surface area contributed by atoms with Gasteiger partial charge in [-0.05, 0) is 43.1 Å². The monoisotopic (exact) mass is 702 g/mol. The van der Waals surface area contributed by atoms with E-state index < -0.39 is 68.7 Å². The van der Waals surface area contributed by atoms with Crippen LogP contribution in [0.3, 0.4) is 0 Å². The standard InChI is InChI=1S/C27H38O5Si.C11H20O5/c1-8-22(28)24(29-7)25-23(31-27(5,6)32-25)19-30-33(26(2,3)4,20-15-11-9-12-16-20)21-17-13-10-14-18-21;1-5-7(13)9(14-4)10-8(6-12)15-11(2,3)16-10/h8-18,22-25,28H,1,19H2,2-7H3;5,7-10,12-13H,1,6H2,2-4H3/t22-,23-,24-,25-;7-,8-,9-,10-/m00/s1. The number of hydrogen-bond donors (Lipinski definition) is 3. The van der Waals surface area contributed by atoms with E-state index in [-0.39, 0.29) is 11.6 Å². The summed E-state index contributed by atoms with van der Waals surface area (Å²) in [6.07, 6.45) is -2.06. The quantitative estimate of drug-likeness (QED) is 0.198. The van der Waals surface area contributed by atoms with Crippen LogP contribution in [-0.2, 0) is 32.8 Å². The number of aliphatic hydroxyl groups is 3. The molecule has 10 nitrogen and oxygen atoms in total. The summed E-state index contributed by atoms with van der Waals surface area (Å²) < 4.78 is 41.4. The molecule has 49 heavy (non-hydrogen) atoms. The van der Waals surface area contributed by atoms with E-state index in [4.69, 9.17) is 32.8 Å². The van der Waals surface area contributed by atoms with Gasteiger partial charge in [-0.3, -0.25) is 0 Å². The predicted octanol–water partition coefficient (Wildman–Crippen LogP) is 3.71. The second kappa shape index (κ2) is 17.3. The molecule has 0 saturated carbocycles. The highest BCUT2D eigenvalue weighted by atomic mass is 28.4. The molecule has 2 saturated heterocycles. The van der Waals surface area contributed by atoms with Gasteiger partial charge in [-0.15, -0.1) is 13.2 Å². The van der Waals surface area contributed by atoms with Crippen LogP contribution in [0.2, 0.25) is 5.04 Å². The first-order chi connectivity index (χ1) is 23.0. The first kappa shape index (κ1) is 41.2. The maximum Gasteiger partial charge on any atom is 0.261 e. The van der Waals surface area contributed by atoms with Gasteiger partial charge in [0.25, 0.3) is 8.32 Å². The second-order valence-electron chi connectivity index (χ2n) is 14.3. The van der Waals surface area contributed by atoms with E-state index in [2.05, 4.69) is 82.5 Å². The molecule has 0 spiro atoms. The summed E-state index contributed by atoms with van der Waals surface area (Å²) in [6, 6.07) is 21.0. The zero-order chi connectivity index (χ0) is 36.6. The van der Waals surface area contributed by atoms with Gasteiger partial charge in [0.1, 0.15) is 48.8 Å². The van der Waals surface area contributed by atoms with Crippen molar-refractivity contribution in [1.29, 1.82) is 0 Å². The fourth-order valence-electron chi connectivity index (χ4n) is 6.73. The van der Waals surface area contributed by atoms with Crippen LogP contribution >= 0.6 is 0 Å². The van der Waals surface area contributed by atoms with Crippen molar-refractivity contribution in [2.75, 3.05) is 27.4 Å². The van der Waals surface area contributed by atoms with Crippen LogP contribution < -0.4 is 10.4 Å². The number of ether oxygens (including phenoxy) is 6. The highest BCUT2D eigenvalue weighted by Gasteiger charge is 2.53. The maximum atomic E-state index is 10.5. The van der Waals surface area contributed by atoms with Crippen LogP contribution in [0.5, 0.6) is 0 Å². The Morgan fingerprint density at radius 3 is 1.47 bits per heavy atom. The summed E-state index contributed by atoms with van der Waals surface area (Å²) >= 11 is 0. The largest absolute Gasteiger partial charge is 0.405 e. The molecule has 0 aromatic heterocycles. The Morgan fingerprint density at radius 2 is 1.12 bits per heavy atom. The van der Waals surface area contributed by atoms with Crippen LogP contribution in [0.1, 0.15) is 48.5 Å². The second-order valence-corrected chi connectivity index (χ2v) is 18.6. The lowest BCUT2D eigenvalue weighted by atomic mass is 10.0. The molecule has 0 radical (unpaired) electrons. The third kappa shape index (κ3) is 9.75. The molecule has 2 fully saturated rings. The zero-order valence-electron chi connectivity index (χ0n) is 30.6.